The molecule has 2 fully saturated rings. The number of piperidine rings is 1. The largest absolute Gasteiger partial charge is 0.763 e. The Morgan fingerprint density at radius 2 is 2.04 bits per heavy atom. The van der Waals surface area contributed by atoms with Crippen molar-refractivity contribution in [2.45, 2.75) is 12.3 Å². The molecule has 0 saturated carbocycles. The molecule has 0 aromatic heterocycles. The smallest absolute Gasteiger partial charge is 0.273 e. The highest BCUT2D eigenvalue weighted by molar-refractivity contribution is 7.80. The monoisotopic (exact) mass is 376 g/mol. The van der Waals surface area contributed by atoms with Gasteiger partial charge in [0.15, 0.2) is 0 Å². The maximum atomic E-state index is 11.5. The van der Waals surface area contributed by atoms with Crippen molar-refractivity contribution in [3.63, 3.8) is 0 Å². The molecule has 3 rings (SSSR count). The number of hydrogen-bond acceptors (Lipinski definition) is 5. The lowest BCUT2D eigenvalue weighted by Gasteiger charge is -2.25. The Bertz CT molecular complexity index is 755. The number of nitrogens with one attached hydrogen (secondary N) is 2. The van der Waals surface area contributed by atoms with E-state index >= 15 is 0 Å². The zero-order chi connectivity index (χ0) is 19.1. The van der Waals surface area contributed by atoms with Crippen molar-refractivity contribution < 1.29 is 19.4 Å². The number of quaternary nitrogens is 1. The number of ether oxygens (including phenoxy) is 1. The van der Waals surface area contributed by atoms with Gasteiger partial charge in [-0.25, -0.2) is 0 Å². The van der Waals surface area contributed by atoms with Crippen molar-refractivity contribution in [3.8, 4) is 0 Å². The zero-order valence-corrected chi connectivity index (χ0v) is 15.2. The number of hydrogen-bond donors (Lipinski definition) is 2. The Morgan fingerprint density at radius 3 is 2.58 bits per heavy atom. The van der Waals surface area contributed by atoms with Crippen LogP contribution in [-0.4, -0.2) is 55.0 Å². The summed E-state index contributed by atoms with van der Waals surface area (Å²) in [5, 5.41) is 22.5. The normalized spacial score (nSPS) is 20.5. The number of likely N-dealkylation sites (N-methyl/N-ethyl adjacent to an activating group) is 1. The molecule has 1 aromatic rings. The molecule has 138 valence electrons. The number of thiocarbonyl (C=S) groups is 1. The van der Waals surface area contributed by atoms with Crippen LogP contribution in [0.1, 0.15) is 17.9 Å². The van der Waals surface area contributed by atoms with Crippen LogP contribution in [0, 0.1) is 10.1 Å². The van der Waals surface area contributed by atoms with E-state index in [1.807, 2.05) is 5.87 Å². The molecule has 2 aliphatic rings. The first-order chi connectivity index (χ1) is 12.4. The summed E-state index contributed by atoms with van der Waals surface area (Å²) in [5.74, 6) is 0.927. The summed E-state index contributed by atoms with van der Waals surface area (Å²) < 4.78 is 5.12. The molecule has 1 aromatic carbocycles. The highest BCUT2D eigenvalue weighted by Gasteiger charge is 2.32. The van der Waals surface area contributed by atoms with Gasteiger partial charge in [-0.15, -0.1) is 0 Å². The predicted molar refractivity (Wildman–Crippen MR) is 101 cm³/mol. The quantitative estimate of drug-likeness (QED) is 0.252. The molecule has 0 spiro atoms. The minimum absolute atomic E-state index is 0.0200. The van der Waals surface area contributed by atoms with Gasteiger partial charge in [0.25, 0.3) is 5.69 Å². The Kier molecular flexibility index (Phi) is 7.11. The fourth-order valence-electron chi connectivity index (χ4n) is 2.75. The lowest BCUT2D eigenvalue weighted by molar-refractivity contribution is -0.888. The van der Waals surface area contributed by atoms with E-state index < -0.39 is 10.8 Å². The number of rotatable bonds is 2. The number of carbonyl (C=O) groups excluding carboxylic acids is 1. The molecule has 1 unspecified atom stereocenters. The number of morpholine rings is 1. The summed E-state index contributed by atoms with van der Waals surface area (Å²) in [6.45, 7) is 4.26. The minimum atomic E-state index is -0.659. The molecule has 0 radical (unpaired) electrons. The van der Waals surface area contributed by atoms with Crippen molar-refractivity contribution >= 4 is 34.7 Å². The van der Waals surface area contributed by atoms with Gasteiger partial charge in [-0.1, -0.05) is 30.4 Å². The third kappa shape index (κ3) is 5.03. The van der Waals surface area contributed by atoms with E-state index in [1.165, 1.54) is 25.2 Å². The maximum Gasteiger partial charge on any atom is 0.273 e. The molecular formula is C17H20N4O4S. The standard InChI is InChI=1S/C12H8N3O3S.C5H11NO/c13-6-9-8(5-11(16)14-12(9)19)7-3-1-2-4-10(7)15(17)18;1-6-2-4-7-5-3-6/h1-4,8H,5H2,(H,14,16,19);2-5H2,1H3/q-1;/p+1. The Balaban J connectivity index is 0.000000290. The number of benzene rings is 1. The average molecular weight is 376 g/mol. The van der Waals surface area contributed by atoms with Gasteiger partial charge in [-0.2, -0.15) is 0 Å². The van der Waals surface area contributed by atoms with Gasteiger partial charge < -0.3 is 20.4 Å². The fourth-order valence-corrected chi connectivity index (χ4v) is 3.05. The third-order valence-corrected chi connectivity index (χ3v) is 4.53. The topological polar surface area (TPSA) is 108 Å². The van der Waals surface area contributed by atoms with Crippen molar-refractivity contribution in [3.05, 3.63) is 50.9 Å². The SMILES string of the molecule is C[NH+]1CCOCC1.[N-]=C=C1C(=S)NC(=O)CC1c1ccccc1[N+](=O)[O-]. The number of nitrogens with zero attached hydrogens (tertiary/aromatic N) is 2. The Hall–Kier alpha value is -2.45. The van der Waals surface area contributed by atoms with Gasteiger partial charge >= 0.3 is 0 Å². The van der Waals surface area contributed by atoms with Crippen LogP contribution in [0.2, 0.25) is 0 Å². The van der Waals surface area contributed by atoms with Crippen LogP contribution in [-0.2, 0) is 9.53 Å². The van der Waals surface area contributed by atoms with Crippen molar-refractivity contribution in [1.29, 1.82) is 0 Å². The van der Waals surface area contributed by atoms with Crippen molar-refractivity contribution in [2.75, 3.05) is 33.4 Å². The lowest BCUT2D eigenvalue weighted by Crippen LogP contribution is -3.11. The van der Waals surface area contributed by atoms with E-state index in [0.717, 1.165) is 13.2 Å². The highest BCUT2D eigenvalue weighted by atomic mass is 32.1. The molecular weight excluding hydrogens is 356 g/mol. The molecule has 1 amide bonds. The number of nitro benzene ring substituents is 1. The number of para-hydroxylation sites is 1. The van der Waals surface area contributed by atoms with E-state index in [9.17, 15) is 14.9 Å². The summed E-state index contributed by atoms with van der Waals surface area (Å²) in [6.07, 6.45) is -0.0200. The van der Waals surface area contributed by atoms with Gasteiger partial charge in [-0.3, -0.25) is 20.8 Å². The van der Waals surface area contributed by atoms with Crippen LogP contribution in [0.25, 0.3) is 5.41 Å². The van der Waals surface area contributed by atoms with E-state index in [1.54, 1.807) is 17.0 Å². The van der Waals surface area contributed by atoms with Gasteiger partial charge in [0.05, 0.1) is 25.2 Å². The Morgan fingerprint density at radius 1 is 1.38 bits per heavy atom. The summed E-state index contributed by atoms with van der Waals surface area (Å²) in [5.41, 5.74) is 0.405. The Labute approximate surface area is 156 Å². The molecule has 9 heteroatoms. The maximum absolute atomic E-state index is 11.5. The van der Waals surface area contributed by atoms with Crippen LogP contribution in [0.5, 0.6) is 0 Å². The fraction of sp³-hybridized carbons (Fsp3) is 0.412. The summed E-state index contributed by atoms with van der Waals surface area (Å²) >= 11 is 4.93. The van der Waals surface area contributed by atoms with Gasteiger partial charge in [0, 0.05) is 29.5 Å². The molecule has 8 nitrogen and oxygen atoms in total. The number of carbonyl (C=O) groups is 1. The van der Waals surface area contributed by atoms with E-state index in [0.29, 0.717) is 5.56 Å². The molecule has 2 heterocycles. The molecule has 0 bridgehead atoms. The molecule has 2 aliphatic heterocycles. The van der Waals surface area contributed by atoms with Crippen LogP contribution in [0.4, 0.5) is 5.69 Å². The molecule has 1 atom stereocenters. The second kappa shape index (κ2) is 9.30. The second-order valence-corrected chi connectivity index (χ2v) is 6.45. The summed E-state index contributed by atoms with van der Waals surface area (Å²) in [6, 6.07) is 6.06. The number of amides is 1. The summed E-state index contributed by atoms with van der Waals surface area (Å²) in [7, 11) is 2.20. The van der Waals surface area contributed by atoms with Crippen molar-refractivity contribution in [2.24, 2.45) is 0 Å². The zero-order valence-electron chi connectivity index (χ0n) is 14.4. The molecule has 2 N–H and O–H groups in total. The second-order valence-electron chi connectivity index (χ2n) is 6.04. The van der Waals surface area contributed by atoms with E-state index in [2.05, 4.69) is 12.4 Å². The molecule has 0 aliphatic carbocycles. The van der Waals surface area contributed by atoms with Gasteiger partial charge in [0.2, 0.25) is 5.91 Å². The molecule has 26 heavy (non-hydrogen) atoms. The van der Waals surface area contributed by atoms with Crippen LogP contribution < -0.4 is 10.2 Å². The van der Waals surface area contributed by atoms with Crippen LogP contribution in [0.3, 0.4) is 0 Å². The van der Waals surface area contributed by atoms with Crippen LogP contribution in [0.15, 0.2) is 29.8 Å². The highest BCUT2D eigenvalue weighted by Crippen LogP contribution is 2.35. The number of nitro groups is 1. The molecule has 2 saturated heterocycles. The van der Waals surface area contributed by atoms with Crippen LogP contribution >= 0.6 is 12.2 Å². The van der Waals surface area contributed by atoms with E-state index in [4.69, 9.17) is 22.4 Å². The average Bonchev–Trinajstić information content (AvgIpc) is 2.62. The first kappa shape index (κ1) is 19.9. The lowest BCUT2D eigenvalue weighted by atomic mass is 9.85. The van der Waals surface area contributed by atoms with E-state index in [-0.39, 0.29) is 28.6 Å². The third-order valence-electron chi connectivity index (χ3n) is 4.21. The summed E-state index contributed by atoms with van der Waals surface area (Å²) in [4.78, 5) is 23.6. The first-order valence-corrected chi connectivity index (χ1v) is 8.58. The van der Waals surface area contributed by atoms with Gasteiger partial charge in [-0.05, 0) is 0 Å². The van der Waals surface area contributed by atoms with Gasteiger partial charge in [0.1, 0.15) is 18.1 Å². The first-order valence-electron chi connectivity index (χ1n) is 8.17. The minimum Gasteiger partial charge on any atom is -0.763 e. The van der Waals surface area contributed by atoms with Crippen molar-refractivity contribution in [1.82, 2.24) is 5.32 Å². The predicted octanol–water partition coefficient (Wildman–Crippen LogP) is 0.223.